The molecule has 0 saturated heterocycles. The van der Waals surface area contributed by atoms with Gasteiger partial charge in [-0.2, -0.15) is 0 Å². The first-order valence-corrected chi connectivity index (χ1v) is 5.49. The Morgan fingerprint density at radius 2 is 1.88 bits per heavy atom. The van der Waals surface area contributed by atoms with Crippen molar-refractivity contribution in [3.05, 3.63) is 0 Å². The molecular formula is C11H21NO4. The quantitative estimate of drug-likeness (QED) is 0.497. The van der Waals surface area contributed by atoms with Crippen molar-refractivity contribution in [3.8, 4) is 0 Å². The van der Waals surface area contributed by atoms with Crippen molar-refractivity contribution < 1.29 is 19.1 Å². The molecule has 0 spiro atoms. The van der Waals surface area contributed by atoms with Crippen LogP contribution in [-0.4, -0.2) is 38.7 Å². The van der Waals surface area contributed by atoms with Crippen molar-refractivity contribution >= 4 is 11.9 Å². The summed E-state index contributed by atoms with van der Waals surface area (Å²) in [5.74, 6) is -0.285. The van der Waals surface area contributed by atoms with E-state index < -0.39 is 6.10 Å². The Balaban J connectivity index is 3.33. The van der Waals surface area contributed by atoms with Gasteiger partial charge in [0.05, 0.1) is 7.11 Å². The van der Waals surface area contributed by atoms with Gasteiger partial charge in [-0.05, 0) is 19.8 Å². The molecule has 1 unspecified atom stereocenters. The third kappa shape index (κ3) is 7.23. The lowest BCUT2D eigenvalue weighted by atomic mass is 10.2. The number of nitrogens with one attached hydrogen (secondary N) is 1. The van der Waals surface area contributed by atoms with E-state index in [2.05, 4.69) is 10.1 Å². The molecule has 0 heterocycles. The predicted molar refractivity (Wildman–Crippen MR) is 60.0 cm³/mol. The Kier molecular flexibility index (Phi) is 8.52. The van der Waals surface area contributed by atoms with Crippen LogP contribution in [0.25, 0.3) is 0 Å². The third-order valence-corrected chi connectivity index (χ3v) is 2.31. The summed E-state index contributed by atoms with van der Waals surface area (Å²) in [6, 6.07) is 0. The number of carbonyl (C=O) groups excluding carboxylic acids is 2. The summed E-state index contributed by atoms with van der Waals surface area (Å²) in [7, 11) is 2.88. The normalized spacial score (nSPS) is 11.9. The second-order valence-corrected chi connectivity index (χ2v) is 3.56. The van der Waals surface area contributed by atoms with Crippen molar-refractivity contribution in [3.63, 3.8) is 0 Å². The average molecular weight is 231 g/mol. The molecule has 0 aliphatic heterocycles. The van der Waals surface area contributed by atoms with Crippen molar-refractivity contribution in [2.24, 2.45) is 0 Å². The topological polar surface area (TPSA) is 64.6 Å². The molecule has 1 atom stereocenters. The molecule has 16 heavy (non-hydrogen) atoms. The molecule has 94 valence electrons. The van der Waals surface area contributed by atoms with E-state index in [9.17, 15) is 9.59 Å². The number of unbranched alkanes of at least 4 members (excludes halogenated alkanes) is 2. The third-order valence-electron chi connectivity index (χ3n) is 2.31. The molecule has 0 aliphatic carbocycles. The van der Waals surface area contributed by atoms with Gasteiger partial charge in [0, 0.05) is 20.1 Å². The first kappa shape index (κ1) is 14.9. The van der Waals surface area contributed by atoms with Crippen LogP contribution in [0.2, 0.25) is 0 Å². The van der Waals surface area contributed by atoms with Crippen LogP contribution in [0.4, 0.5) is 0 Å². The molecule has 0 aromatic rings. The highest BCUT2D eigenvalue weighted by Crippen LogP contribution is 2.00. The van der Waals surface area contributed by atoms with Gasteiger partial charge in [0.1, 0.15) is 6.10 Å². The molecule has 0 aromatic carbocycles. The largest absolute Gasteiger partial charge is 0.469 e. The van der Waals surface area contributed by atoms with Crippen LogP contribution in [-0.2, 0) is 19.1 Å². The molecule has 0 rings (SSSR count). The van der Waals surface area contributed by atoms with Gasteiger partial charge in [0.15, 0.2) is 0 Å². The Labute approximate surface area is 96.5 Å². The highest BCUT2D eigenvalue weighted by Gasteiger charge is 2.09. The number of rotatable bonds is 8. The summed E-state index contributed by atoms with van der Waals surface area (Å²) >= 11 is 0. The fraction of sp³-hybridized carbons (Fsp3) is 0.818. The van der Waals surface area contributed by atoms with E-state index in [0.717, 1.165) is 19.3 Å². The standard InChI is InChI=1S/C11H21NO4/c1-9(15-2)11(14)12-8-6-4-5-7-10(13)16-3/h9H,4-8H2,1-3H3,(H,12,14). The number of carbonyl (C=O) groups is 2. The van der Waals surface area contributed by atoms with Crippen molar-refractivity contribution in [1.29, 1.82) is 0 Å². The maximum Gasteiger partial charge on any atom is 0.305 e. The Morgan fingerprint density at radius 1 is 1.19 bits per heavy atom. The second kappa shape index (κ2) is 9.15. The van der Waals surface area contributed by atoms with Crippen LogP contribution in [0, 0.1) is 0 Å². The fourth-order valence-corrected chi connectivity index (χ4v) is 1.14. The monoisotopic (exact) mass is 231 g/mol. The van der Waals surface area contributed by atoms with Crippen LogP contribution in [0.15, 0.2) is 0 Å². The van der Waals surface area contributed by atoms with Gasteiger partial charge in [-0.15, -0.1) is 0 Å². The first-order valence-electron chi connectivity index (χ1n) is 5.49. The zero-order chi connectivity index (χ0) is 12.4. The second-order valence-electron chi connectivity index (χ2n) is 3.56. The van der Waals surface area contributed by atoms with Crippen LogP contribution < -0.4 is 5.32 Å². The van der Waals surface area contributed by atoms with Crippen LogP contribution >= 0.6 is 0 Å². The number of hydrogen-bond acceptors (Lipinski definition) is 4. The average Bonchev–Trinajstić information content (AvgIpc) is 2.31. The molecule has 0 saturated carbocycles. The summed E-state index contributed by atoms with van der Waals surface area (Å²) in [6.07, 6.45) is 2.59. The minimum absolute atomic E-state index is 0.101. The van der Waals surface area contributed by atoms with Crippen molar-refractivity contribution in [2.75, 3.05) is 20.8 Å². The molecule has 5 heteroatoms. The lowest BCUT2D eigenvalue weighted by Crippen LogP contribution is -2.34. The first-order chi connectivity index (χ1) is 7.61. The number of ether oxygens (including phenoxy) is 2. The van der Waals surface area contributed by atoms with Gasteiger partial charge in [-0.25, -0.2) is 0 Å². The fourth-order valence-electron chi connectivity index (χ4n) is 1.14. The molecule has 0 fully saturated rings. The van der Waals surface area contributed by atoms with Crippen molar-refractivity contribution in [1.82, 2.24) is 5.32 Å². The molecule has 1 N–H and O–H groups in total. The van der Waals surface area contributed by atoms with Gasteiger partial charge in [0.2, 0.25) is 5.91 Å². The molecule has 0 radical (unpaired) electrons. The summed E-state index contributed by atoms with van der Waals surface area (Å²) in [6.45, 7) is 2.32. The van der Waals surface area contributed by atoms with Gasteiger partial charge in [-0.3, -0.25) is 9.59 Å². The Morgan fingerprint density at radius 3 is 2.44 bits per heavy atom. The van der Waals surface area contributed by atoms with Crippen LogP contribution in [0.1, 0.15) is 32.6 Å². The molecule has 0 aromatic heterocycles. The highest BCUT2D eigenvalue weighted by molar-refractivity contribution is 5.80. The van der Waals surface area contributed by atoms with Crippen LogP contribution in [0.3, 0.4) is 0 Å². The number of hydrogen-bond donors (Lipinski definition) is 1. The predicted octanol–water partition coefficient (Wildman–Crippen LogP) is 0.871. The lowest BCUT2D eigenvalue weighted by molar-refractivity contribution is -0.140. The van der Waals surface area contributed by atoms with E-state index in [1.807, 2.05) is 0 Å². The van der Waals surface area contributed by atoms with E-state index in [-0.39, 0.29) is 11.9 Å². The van der Waals surface area contributed by atoms with Crippen LogP contribution in [0.5, 0.6) is 0 Å². The molecule has 0 bridgehead atoms. The van der Waals surface area contributed by atoms with E-state index >= 15 is 0 Å². The number of methoxy groups -OCH3 is 2. The molecule has 0 aliphatic rings. The van der Waals surface area contributed by atoms with E-state index in [1.165, 1.54) is 14.2 Å². The van der Waals surface area contributed by atoms with E-state index in [0.29, 0.717) is 13.0 Å². The minimum Gasteiger partial charge on any atom is -0.469 e. The zero-order valence-electron chi connectivity index (χ0n) is 10.2. The van der Waals surface area contributed by atoms with Crippen molar-refractivity contribution in [2.45, 2.75) is 38.7 Å². The zero-order valence-corrected chi connectivity index (χ0v) is 10.2. The summed E-state index contributed by atoms with van der Waals surface area (Å²) in [4.78, 5) is 22.0. The number of esters is 1. The maximum atomic E-state index is 11.3. The Hall–Kier alpha value is -1.10. The highest BCUT2D eigenvalue weighted by atomic mass is 16.5. The summed E-state index contributed by atoms with van der Waals surface area (Å²) < 4.78 is 9.38. The lowest BCUT2D eigenvalue weighted by Gasteiger charge is -2.09. The van der Waals surface area contributed by atoms with E-state index in [1.54, 1.807) is 6.92 Å². The Bertz CT molecular complexity index is 218. The summed E-state index contributed by atoms with van der Waals surface area (Å²) in [5, 5.41) is 2.76. The minimum atomic E-state index is -0.407. The maximum absolute atomic E-state index is 11.3. The summed E-state index contributed by atoms with van der Waals surface area (Å²) in [5.41, 5.74) is 0. The van der Waals surface area contributed by atoms with E-state index in [4.69, 9.17) is 4.74 Å². The SMILES string of the molecule is COC(=O)CCCCCNC(=O)C(C)OC. The van der Waals surface area contributed by atoms with Gasteiger partial charge in [-0.1, -0.05) is 6.42 Å². The molecule has 1 amide bonds. The van der Waals surface area contributed by atoms with Gasteiger partial charge in [0.25, 0.3) is 0 Å². The smallest absolute Gasteiger partial charge is 0.305 e. The molecule has 5 nitrogen and oxygen atoms in total. The van der Waals surface area contributed by atoms with Gasteiger partial charge >= 0.3 is 5.97 Å². The number of amides is 1. The van der Waals surface area contributed by atoms with Gasteiger partial charge < -0.3 is 14.8 Å². The molecular weight excluding hydrogens is 210 g/mol.